The fourth-order valence-corrected chi connectivity index (χ4v) is 2.81. The Labute approximate surface area is 123 Å². The highest BCUT2D eigenvalue weighted by atomic mass is 19.1. The zero-order chi connectivity index (χ0) is 14.8. The highest BCUT2D eigenvalue weighted by Gasteiger charge is 2.08. The summed E-state index contributed by atoms with van der Waals surface area (Å²) in [5, 5.41) is 2.34. The molecule has 0 radical (unpaired) electrons. The summed E-state index contributed by atoms with van der Waals surface area (Å²) in [5.74, 6) is 0. The first kappa shape index (κ1) is 13.7. The minimum absolute atomic E-state index is 0.521. The molecule has 0 fully saturated rings. The average Bonchev–Trinajstić information content (AvgIpc) is 2.55. The maximum absolute atomic E-state index is 13.0. The van der Waals surface area contributed by atoms with Gasteiger partial charge in [0.25, 0.3) is 0 Å². The SMILES string of the molecule is Cc1c(-c2cc(CF)cc(CF)c2)ccc2ccccc12. The van der Waals surface area contributed by atoms with E-state index < -0.39 is 13.3 Å². The highest BCUT2D eigenvalue weighted by Crippen LogP contribution is 2.31. The maximum Gasteiger partial charge on any atom is 0.115 e. The van der Waals surface area contributed by atoms with Gasteiger partial charge in [-0.25, -0.2) is 8.78 Å². The van der Waals surface area contributed by atoms with Crippen molar-refractivity contribution in [1.29, 1.82) is 0 Å². The maximum atomic E-state index is 13.0. The van der Waals surface area contributed by atoms with Crippen LogP contribution in [0.5, 0.6) is 0 Å². The molecule has 0 aromatic heterocycles. The summed E-state index contributed by atoms with van der Waals surface area (Å²) in [6.07, 6.45) is 0. The molecule has 0 saturated heterocycles. The normalized spacial score (nSPS) is 11.0. The summed E-state index contributed by atoms with van der Waals surface area (Å²) in [6.45, 7) is 0.899. The number of fused-ring (bicyclic) bond motifs is 1. The molecule has 21 heavy (non-hydrogen) atoms. The Morgan fingerprint density at radius 3 is 2.14 bits per heavy atom. The first-order valence-electron chi connectivity index (χ1n) is 6.96. The molecule has 0 aliphatic carbocycles. The third-order valence-electron chi connectivity index (χ3n) is 3.87. The van der Waals surface area contributed by atoms with Crippen LogP contribution in [0.3, 0.4) is 0 Å². The predicted octanol–water partition coefficient (Wildman–Crippen LogP) is 5.75. The fraction of sp³-hybridized carbons (Fsp3) is 0.158. The van der Waals surface area contributed by atoms with E-state index in [2.05, 4.69) is 25.1 Å². The molecule has 0 N–H and O–H groups in total. The second kappa shape index (κ2) is 5.65. The van der Waals surface area contributed by atoms with E-state index in [0.717, 1.165) is 16.7 Å². The molecule has 0 aliphatic rings. The van der Waals surface area contributed by atoms with Gasteiger partial charge >= 0.3 is 0 Å². The van der Waals surface area contributed by atoms with Crippen molar-refractivity contribution in [2.24, 2.45) is 0 Å². The Bertz CT molecular complexity index is 768. The molecule has 0 unspecified atom stereocenters. The second-order valence-corrected chi connectivity index (χ2v) is 5.26. The number of rotatable bonds is 3. The van der Waals surface area contributed by atoms with E-state index in [1.54, 1.807) is 18.2 Å². The van der Waals surface area contributed by atoms with Crippen molar-refractivity contribution >= 4 is 10.8 Å². The van der Waals surface area contributed by atoms with E-state index in [1.807, 2.05) is 18.2 Å². The molecule has 2 heteroatoms. The molecular formula is C19H16F2. The largest absolute Gasteiger partial charge is 0.246 e. The zero-order valence-electron chi connectivity index (χ0n) is 11.9. The molecule has 0 amide bonds. The van der Waals surface area contributed by atoms with Crippen LogP contribution in [0.25, 0.3) is 21.9 Å². The van der Waals surface area contributed by atoms with Gasteiger partial charge in [0.2, 0.25) is 0 Å². The monoisotopic (exact) mass is 282 g/mol. The van der Waals surface area contributed by atoms with Crippen molar-refractivity contribution < 1.29 is 8.78 Å². The molecule has 0 saturated carbocycles. The Hall–Kier alpha value is -2.22. The number of halogens is 2. The van der Waals surface area contributed by atoms with Crippen molar-refractivity contribution in [3.8, 4) is 11.1 Å². The van der Waals surface area contributed by atoms with Crippen LogP contribution in [-0.4, -0.2) is 0 Å². The Balaban J connectivity index is 2.22. The Morgan fingerprint density at radius 1 is 0.810 bits per heavy atom. The van der Waals surface area contributed by atoms with Gasteiger partial charge in [-0.2, -0.15) is 0 Å². The van der Waals surface area contributed by atoms with Gasteiger partial charge in [-0.1, -0.05) is 42.5 Å². The average molecular weight is 282 g/mol. The van der Waals surface area contributed by atoms with Gasteiger partial charge in [-0.15, -0.1) is 0 Å². The summed E-state index contributed by atoms with van der Waals surface area (Å²) >= 11 is 0. The van der Waals surface area contributed by atoms with Crippen LogP contribution in [0.1, 0.15) is 16.7 Å². The van der Waals surface area contributed by atoms with Gasteiger partial charge in [0.15, 0.2) is 0 Å². The summed E-state index contributed by atoms with van der Waals surface area (Å²) < 4.78 is 25.9. The van der Waals surface area contributed by atoms with Gasteiger partial charge in [0, 0.05) is 0 Å². The molecule has 0 heterocycles. The molecular weight excluding hydrogens is 266 g/mol. The summed E-state index contributed by atoms with van der Waals surface area (Å²) in [5.41, 5.74) is 4.08. The van der Waals surface area contributed by atoms with Crippen LogP contribution in [-0.2, 0) is 13.3 Å². The van der Waals surface area contributed by atoms with Crippen LogP contribution in [0.2, 0.25) is 0 Å². The third-order valence-corrected chi connectivity index (χ3v) is 3.87. The predicted molar refractivity (Wildman–Crippen MR) is 83.7 cm³/mol. The zero-order valence-corrected chi connectivity index (χ0v) is 11.9. The Kier molecular flexibility index (Phi) is 3.70. The Morgan fingerprint density at radius 2 is 1.48 bits per heavy atom. The molecule has 0 nitrogen and oxygen atoms in total. The minimum Gasteiger partial charge on any atom is -0.246 e. The summed E-state index contributed by atoms with van der Waals surface area (Å²) in [4.78, 5) is 0. The number of hydrogen-bond acceptors (Lipinski definition) is 0. The molecule has 0 aliphatic heterocycles. The minimum atomic E-state index is -0.576. The van der Waals surface area contributed by atoms with Crippen LogP contribution >= 0.6 is 0 Å². The lowest BCUT2D eigenvalue weighted by atomic mass is 9.93. The number of benzene rings is 3. The quantitative estimate of drug-likeness (QED) is 0.573. The van der Waals surface area contributed by atoms with Crippen molar-refractivity contribution in [3.63, 3.8) is 0 Å². The van der Waals surface area contributed by atoms with Gasteiger partial charge in [0.1, 0.15) is 13.3 Å². The van der Waals surface area contributed by atoms with Gasteiger partial charge in [-0.05, 0) is 57.6 Å². The molecule has 0 spiro atoms. The van der Waals surface area contributed by atoms with Crippen LogP contribution in [0.4, 0.5) is 8.78 Å². The van der Waals surface area contributed by atoms with Gasteiger partial charge in [-0.3, -0.25) is 0 Å². The van der Waals surface area contributed by atoms with Gasteiger partial charge in [0.05, 0.1) is 0 Å². The van der Waals surface area contributed by atoms with E-state index in [-0.39, 0.29) is 0 Å². The topological polar surface area (TPSA) is 0 Å². The van der Waals surface area contributed by atoms with E-state index >= 15 is 0 Å². The molecule has 3 aromatic rings. The number of aryl methyl sites for hydroxylation is 1. The highest BCUT2D eigenvalue weighted by molar-refractivity contribution is 5.91. The molecule has 106 valence electrons. The fourth-order valence-electron chi connectivity index (χ4n) is 2.81. The molecule has 3 aromatic carbocycles. The smallest absolute Gasteiger partial charge is 0.115 e. The van der Waals surface area contributed by atoms with Crippen molar-refractivity contribution in [1.82, 2.24) is 0 Å². The van der Waals surface area contributed by atoms with E-state index in [1.165, 1.54) is 10.8 Å². The number of hydrogen-bond donors (Lipinski definition) is 0. The first-order chi connectivity index (χ1) is 10.2. The van der Waals surface area contributed by atoms with Crippen molar-refractivity contribution in [2.75, 3.05) is 0 Å². The third kappa shape index (κ3) is 2.54. The van der Waals surface area contributed by atoms with Crippen molar-refractivity contribution in [2.45, 2.75) is 20.3 Å². The molecule has 0 atom stereocenters. The summed E-state index contributed by atoms with van der Waals surface area (Å²) in [6, 6.07) is 17.4. The lowest BCUT2D eigenvalue weighted by Crippen LogP contribution is -1.91. The molecule has 0 bridgehead atoms. The molecule has 3 rings (SSSR count). The second-order valence-electron chi connectivity index (χ2n) is 5.26. The summed E-state index contributed by atoms with van der Waals surface area (Å²) in [7, 11) is 0. The lowest BCUT2D eigenvalue weighted by Gasteiger charge is -2.12. The lowest BCUT2D eigenvalue weighted by molar-refractivity contribution is 0.475. The van der Waals surface area contributed by atoms with E-state index in [4.69, 9.17) is 0 Å². The van der Waals surface area contributed by atoms with Gasteiger partial charge < -0.3 is 0 Å². The van der Waals surface area contributed by atoms with E-state index in [0.29, 0.717) is 11.1 Å². The van der Waals surface area contributed by atoms with Crippen molar-refractivity contribution in [3.05, 3.63) is 71.3 Å². The van der Waals surface area contributed by atoms with E-state index in [9.17, 15) is 8.78 Å². The van der Waals surface area contributed by atoms with Crippen LogP contribution in [0, 0.1) is 6.92 Å². The first-order valence-corrected chi connectivity index (χ1v) is 6.96. The standard InChI is InChI=1S/C19H16F2/c1-13-18-5-3-2-4-16(18)6-7-19(13)17-9-14(11-20)8-15(10-17)12-21/h2-10H,11-12H2,1H3. The van der Waals surface area contributed by atoms with Crippen LogP contribution < -0.4 is 0 Å². The number of alkyl halides is 2. The van der Waals surface area contributed by atoms with Crippen LogP contribution in [0.15, 0.2) is 54.6 Å².